The first-order chi connectivity index (χ1) is 10.6. The number of rotatable bonds is 3. The van der Waals surface area contributed by atoms with Gasteiger partial charge in [-0.05, 0) is 18.6 Å². The summed E-state index contributed by atoms with van der Waals surface area (Å²) in [5, 5.41) is 6.71. The van der Waals surface area contributed by atoms with Gasteiger partial charge in [0, 0.05) is 13.1 Å². The first-order valence-electron chi connectivity index (χ1n) is 6.80. The molecule has 22 heavy (non-hydrogen) atoms. The van der Waals surface area contributed by atoms with E-state index in [2.05, 4.69) is 20.4 Å². The van der Waals surface area contributed by atoms with Crippen LogP contribution in [0.1, 0.15) is 6.42 Å². The molecule has 0 aromatic carbocycles. The van der Waals surface area contributed by atoms with Gasteiger partial charge in [0.2, 0.25) is 5.91 Å². The Kier molecular flexibility index (Phi) is 3.69. The average molecular weight is 301 g/mol. The highest BCUT2D eigenvalue weighted by molar-refractivity contribution is 5.90. The molecule has 0 radical (unpaired) electrons. The maximum atomic E-state index is 12.1. The number of nitrogens with two attached hydrogens (primary N) is 1. The van der Waals surface area contributed by atoms with Gasteiger partial charge >= 0.3 is 6.03 Å². The van der Waals surface area contributed by atoms with Gasteiger partial charge in [0.25, 0.3) is 0 Å². The number of pyridine rings is 1. The van der Waals surface area contributed by atoms with Gasteiger partial charge in [0.05, 0.1) is 17.8 Å². The Morgan fingerprint density at radius 1 is 1.36 bits per heavy atom. The van der Waals surface area contributed by atoms with Crippen LogP contribution in [-0.4, -0.2) is 49.7 Å². The molecule has 0 spiro atoms. The number of urea groups is 1. The molecule has 3 amide bonds. The van der Waals surface area contributed by atoms with Gasteiger partial charge in [-0.15, -0.1) is 0 Å². The zero-order valence-corrected chi connectivity index (χ0v) is 11.7. The lowest BCUT2D eigenvalue weighted by Crippen LogP contribution is -2.34. The van der Waals surface area contributed by atoms with Crippen molar-refractivity contribution in [1.29, 1.82) is 0 Å². The van der Waals surface area contributed by atoms with E-state index in [0.717, 1.165) is 0 Å². The highest BCUT2D eigenvalue weighted by Gasteiger charge is 2.29. The molecular formula is C13H15N7O2. The van der Waals surface area contributed by atoms with E-state index in [9.17, 15) is 9.59 Å². The fraction of sp³-hybridized carbons (Fsp3) is 0.308. The van der Waals surface area contributed by atoms with Crippen molar-refractivity contribution in [2.24, 2.45) is 11.7 Å². The van der Waals surface area contributed by atoms with Gasteiger partial charge in [0.15, 0.2) is 5.82 Å². The van der Waals surface area contributed by atoms with Gasteiger partial charge in [-0.3, -0.25) is 4.79 Å². The maximum Gasteiger partial charge on any atom is 0.321 e. The summed E-state index contributed by atoms with van der Waals surface area (Å²) in [6.45, 7) is 0.871. The summed E-state index contributed by atoms with van der Waals surface area (Å²) in [5.74, 6) is -0.0295. The Hall–Kier alpha value is -2.97. The molecule has 1 saturated heterocycles. The zero-order valence-electron chi connectivity index (χ0n) is 11.7. The molecule has 2 aromatic heterocycles. The first-order valence-corrected chi connectivity index (χ1v) is 6.80. The summed E-state index contributed by atoms with van der Waals surface area (Å²) < 4.78 is 1.52. The third-order valence-electron chi connectivity index (χ3n) is 3.53. The quantitative estimate of drug-likeness (QED) is 0.827. The van der Waals surface area contributed by atoms with E-state index < -0.39 is 0 Å². The molecule has 3 heterocycles. The normalized spacial score (nSPS) is 17.5. The molecule has 0 unspecified atom stereocenters. The van der Waals surface area contributed by atoms with E-state index >= 15 is 0 Å². The topological polar surface area (TPSA) is 119 Å². The second-order valence-electron chi connectivity index (χ2n) is 5.01. The minimum Gasteiger partial charge on any atom is -0.369 e. The number of primary amides is 1. The molecule has 2 aromatic rings. The van der Waals surface area contributed by atoms with Crippen LogP contribution in [0.25, 0.3) is 5.82 Å². The predicted octanol–water partition coefficient (Wildman–Crippen LogP) is 0.00140. The van der Waals surface area contributed by atoms with Crippen molar-refractivity contribution in [2.75, 3.05) is 18.4 Å². The van der Waals surface area contributed by atoms with Crippen LogP contribution < -0.4 is 11.1 Å². The summed E-state index contributed by atoms with van der Waals surface area (Å²) in [7, 11) is 0. The molecular weight excluding hydrogens is 286 g/mol. The number of amides is 3. The van der Waals surface area contributed by atoms with Crippen LogP contribution >= 0.6 is 0 Å². The van der Waals surface area contributed by atoms with E-state index in [-0.39, 0.29) is 17.9 Å². The zero-order chi connectivity index (χ0) is 15.5. The molecule has 1 aliphatic rings. The number of carbonyl (C=O) groups is 2. The largest absolute Gasteiger partial charge is 0.369 e. The second-order valence-corrected chi connectivity index (χ2v) is 5.01. The third kappa shape index (κ3) is 2.87. The number of hydrogen-bond acceptors (Lipinski definition) is 5. The van der Waals surface area contributed by atoms with Crippen molar-refractivity contribution < 1.29 is 9.59 Å². The summed E-state index contributed by atoms with van der Waals surface area (Å²) in [6, 6.07) is 3.18. The fourth-order valence-corrected chi connectivity index (χ4v) is 2.30. The maximum absolute atomic E-state index is 12.1. The van der Waals surface area contributed by atoms with Crippen LogP contribution in [0, 0.1) is 5.92 Å². The number of hydrogen-bond donors (Lipinski definition) is 2. The van der Waals surface area contributed by atoms with Crippen LogP contribution in [-0.2, 0) is 4.79 Å². The van der Waals surface area contributed by atoms with Crippen LogP contribution in [0.2, 0.25) is 0 Å². The molecule has 0 bridgehead atoms. The minimum atomic E-state index is -0.367. The summed E-state index contributed by atoms with van der Waals surface area (Å²) in [5.41, 5.74) is 5.82. The van der Waals surface area contributed by atoms with Gasteiger partial charge in [-0.1, -0.05) is 0 Å². The number of anilines is 1. The number of nitrogens with zero attached hydrogens (tertiary/aromatic N) is 5. The molecule has 0 aliphatic carbocycles. The number of likely N-dealkylation sites (tertiary alicyclic amines) is 1. The van der Waals surface area contributed by atoms with Crippen LogP contribution in [0.5, 0.6) is 0 Å². The lowest BCUT2D eigenvalue weighted by atomic mass is 10.1. The van der Waals surface area contributed by atoms with Gasteiger partial charge in [0.1, 0.15) is 12.7 Å². The van der Waals surface area contributed by atoms with Crippen LogP contribution in [0.15, 0.2) is 31.0 Å². The predicted molar refractivity (Wildman–Crippen MR) is 77.0 cm³/mol. The minimum absolute atomic E-state index is 0.265. The molecule has 1 aliphatic heterocycles. The van der Waals surface area contributed by atoms with Crippen LogP contribution in [0.3, 0.4) is 0 Å². The molecule has 9 nitrogen and oxygen atoms in total. The second kappa shape index (κ2) is 5.80. The Labute approximate surface area is 126 Å². The van der Waals surface area contributed by atoms with Crippen molar-refractivity contribution >= 4 is 17.6 Å². The van der Waals surface area contributed by atoms with Crippen molar-refractivity contribution in [3.05, 3.63) is 31.0 Å². The molecule has 114 valence electrons. The highest BCUT2D eigenvalue weighted by atomic mass is 16.2. The summed E-state index contributed by atoms with van der Waals surface area (Å²) in [6.07, 6.45) is 5.09. The Balaban J connectivity index is 1.61. The van der Waals surface area contributed by atoms with E-state index in [4.69, 9.17) is 5.73 Å². The van der Waals surface area contributed by atoms with Crippen molar-refractivity contribution in [1.82, 2.24) is 24.6 Å². The van der Waals surface area contributed by atoms with Gasteiger partial charge in [-0.25, -0.2) is 19.4 Å². The van der Waals surface area contributed by atoms with E-state index in [0.29, 0.717) is 31.0 Å². The summed E-state index contributed by atoms with van der Waals surface area (Å²) in [4.78, 5) is 32.8. The van der Waals surface area contributed by atoms with Gasteiger partial charge in [-0.2, -0.15) is 5.10 Å². The molecule has 3 N–H and O–H groups in total. The first kappa shape index (κ1) is 14.0. The molecule has 9 heteroatoms. The Morgan fingerprint density at radius 2 is 2.23 bits per heavy atom. The number of aromatic nitrogens is 4. The number of nitrogens with one attached hydrogen (secondary N) is 1. The lowest BCUT2D eigenvalue weighted by molar-refractivity contribution is -0.121. The highest BCUT2D eigenvalue weighted by Crippen LogP contribution is 2.17. The average Bonchev–Trinajstić information content (AvgIpc) is 3.20. The molecule has 1 atom stereocenters. The Morgan fingerprint density at radius 3 is 2.82 bits per heavy atom. The fourth-order valence-electron chi connectivity index (χ4n) is 2.30. The molecule has 1 fully saturated rings. The third-order valence-corrected chi connectivity index (χ3v) is 3.53. The SMILES string of the molecule is NC(=O)[C@H]1CCN(C(=O)Nc2ccc(-n3cncn3)nc2)C1. The smallest absolute Gasteiger partial charge is 0.321 e. The van der Waals surface area contributed by atoms with Gasteiger partial charge < -0.3 is 16.0 Å². The Bertz CT molecular complexity index is 668. The monoisotopic (exact) mass is 301 g/mol. The summed E-state index contributed by atoms with van der Waals surface area (Å²) >= 11 is 0. The number of carbonyl (C=O) groups excluding carboxylic acids is 2. The van der Waals surface area contributed by atoms with Crippen LogP contribution in [0.4, 0.5) is 10.5 Å². The van der Waals surface area contributed by atoms with E-state index in [1.54, 1.807) is 17.0 Å². The van der Waals surface area contributed by atoms with Crippen molar-refractivity contribution in [3.8, 4) is 5.82 Å². The van der Waals surface area contributed by atoms with Crippen molar-refractivity contribution in [2.45, 2.75) is 6.42 Å². The van der Waals surface area contributed by atoms with E-state index in [1.165, 1.54) is 23.5 Å². The lowest BCUT2D eigenvalue weighted by Gasteiger charge is -2.16. The molecule has 3 rings (SSSR count). The van der Waals surface area contributed by atoms with Crippen molar-refractivity contribution in [3.63, 3.8) is 0 Å². The molecule has 0 saturated carbocycles. The standard InChI is InChI=1S/C13H15N7O2/c14-12(21)9-3-4-19(6-9)13(22)18-10-1-2-11(16-5-10)20-8-15-7-17-20/h1-2,5,7-9H,3-4,6H2,(H2,14,21)(H,18,22)/t9-/m0/s1. The van der Waals surface area contributed by atoms with E-state index in [1.807, 2.05) is 0 Å².